The maximum atomic E-state index is 5.17. The van der Waals surface area contributed by atoms with Crippen LogP contribution in [0, 0.1) is 0 Å². The van der Waals surface area contributed by atoms with Gasteiger partial charge in [0.2, 0.25) is 0 Å². The minimum Gasteiger partial charge on any atom is -0.497 e. The predicted octanol–water partition coefficient (Wildman–Crippen LogP) is 2.86. The molecule has 1 aliphatic rings. The zero-order valence-corrected chi connectivity index (χ0v) is 12.9. The minimum absolute atomic E-state index is 0.935. The molecule has 108 valence electrons. The summed E-state index contributed by atoms with van der Waals surface area (Å²) < 4.78 is 5.17. The fourth-order valence-corrected chi connectivity index (χ4v) is 2.25. The highest BCUT2D eigenvalue weighted by atomic mass is 16.5. The second-order valence-corrected chi connectivity index (χ2v) is 4.56. The Hall–Kier alpha value is -1.06. The molecule has 0 aliphatic carbocycles. The molecule has 0 saturated carbocycles. The Bertz CT molecular complexity index is 329. The van der Waals surface area contributed by atoms with E-state index in [-0.39, 0.29) is 0 Å². The fraction of sp³-hybridized carbons (Fsp3) is 0.625. The molecule has 0 radical (unpaired) electrons. The SMILES string of the molecule is CC.CCN1CCN(Cc2ccc(OC)cc2)CC1. The Labute approximate surface area is 118 Å². The van der Waals surface area contributed by atoms with Crippen LogP contribution in [-0.4, -0.2) is 49.6 Å². The van der Waals surface area contributed by atoms with Gasteiger partial charge in [-0.1, -0.05) is 32.9 Å². The van der Waals surface area contributed by atoms with Crippen molar-refractivity contribution < 1.29 is 4.74 Å². The standard InChI is InChI=1S/C14H22N2O.C2H6/c1-3-15-8-10-16(11-9-15)12-13-4-6-14(17-2)7-5-13;1-2/h4-7H,3,8-12H2,1-2H3;1-2H3. The minimum atomic E-state index is 0.935. The molecule has 1 aromatic rings. The van der Waals surface area contributed by atoms with E-state index in [1.165, 1.54) is 38.3 Å². The molecule has 1 heterocycles. The van der Waals surface area contributed by atoms with Crippen molar-refractivity contribution in [3.05, 3.63) is 29.8 Å². The van der Waals surface area contributed by atoms with Crippen LogP contribution in [0.2, 0.25) is 0 Å². The molecule has 19 heavy (non-hydrogen) atoms. The van der Waals surface area contributed by atoms with Gasteiger partial charge in [0, 0.05) is 32.7 Å². The highest BCUT2D eigenvalue weighted by Crippen LogP contribution is 2.13. The number of methoxy groups -OCH3 is 1. The lowest BCUT2D eigenvalue weighted by Gasteiger charge is -2.34. The molecule has 0 bridgehead atoms. The maximum absolute atomic E-state index is 5.17. The van der Waals surface area contributed by atoms with Crippen molar-refractivity contribution in [3.63, 3.8) is 0 Å². The van der Waals surface area contributed by atoms with Gasteiger partial charge in [-0.15, -0.1) is 0 Å². The van der Waals surface area contributed by atoms with E-state index < -0.39 is 0 Å². The van der Waals surface area contributed by atoms with E-state index in [1.54, 1.807) is 7.11 Å². The van der Waals surface area contributed by atoms with Gasteiger partial charge < -0.3 is 9.64 Å². The molecular weight excluding hydrogens is 236 g/mol. The van der Waals surface area contributed by atoms with Crippen molar-refractivity contribution in [3.8, 4) is 5.75 Å². The summed E-state index contributed by atoms with van der Waals surface area (Å²) in [6.45, 7) is 13.2. The topological polar surface area (TPSA) is 15.7 Å². The summed E-state index contributed by atoms with van der Waals surface area (Å²) in [6.07, 6.45) is 0. The van der Waals surface area contributed by atoms with Gasteiger partial charge in [0.1, 0.15) is 5.75 Å². The number of piperazine rings is 1. The molecule has 0 amide bonds. The highest BCUT2D eigenvalue weighted by molar-refractivity contribution is 5.27. The Kier molecular flexibility index (Phi) is 7.53. The Morgan fingerprint density at radius 1 is 0.947 bits per heavy atom. The second kappa shape index (κ2) is 8.94. The van der Waals surface area contributed by atoms with Crippen molar-refractivity contribution >= 4 is 0 Å². The third-order valence-electron chi connectivity index (χ3n) is 3.48. The first kappa shape index (κ1) is 16.0. The van der Waals surface area contributed by atoms with E-state index in [1.807, 2.05) is 26.0 Å². The molecule has 0 aromatic heterocycles. The summed E-state index contributed by atoms with van der Waals surface area (Å²) in [4.78, 5) is 5.03. The third-order valence-corrected chi connectivity index (χ3v) is 3.48. The average molecular weight is 264 g/mol. The Morgan fingerprint density at radius 2 is 1.47 bits per heavy atom. The van der Waals surface area contributed by atoms with Crippen LogP contribution in [0.15, 0.2) is 24.3 Å². The number of likely N-dealkylation sites (N-methyl/N-ethyl adjacent to an activating group) is 1. The molecule has 1 saturated heterocycles. The van der Waals surface area contributed by atoms with Crippen molar-refractivity contribution in [2.45, 2.75) is 27.3 Å². The van der Waals surface area contributed by atoms with Gasteiger partial charge in [-0.2, -0.15) is 0 Å². The molecule has 0 N–H and O–H groups in total. The molecule has 0 unspecified atom stereocenters. The van der Waals surface area contributed by atoms with E-state index in [0.29, 0.717) is 0 Å². The van der Waals surface area contributed by atoms with Gasteiger partial charge in [0.05, 0.1) is 7.11 Å². The molecule has 0 atom stereocenters. The first-order valence-corrected chi connectivity index (χ1v) is 7.39. The van der Waals surface area contributed by atoms with E-state index in [9.17, 15) is 0 Å². The zero-order chi connectivity index (χ0) is 14.1. The van der Waals surface area contributed by atoms with Crippen LogP contribution in [0.4, 0.5) is 0 Å². The number of ether oxygens (including phenoxy) is 1. The van der Waals surface area contributed by atoms with Crippen LogP contribution >= 0.6 is 0 Å². The molecule has 3 heteroatoms. The monoisotopic (exact) mass is 264 g/mol. The number of hydrogen-bond acceptors (Lipinski definition) is 3. The summed E-state index contributed by atoms with van der Waals surface area (Å²) in [5.74, 6) is 0.935. The highest BCUT2D eigenvalue weighted by Gasteiger charge is 2.15. The van der Waals surface area contributed by atoms with Gasteiger partial charge in [-0.3, -0.25) is 4.90 Å². The van der Waals surface area contributed by atoms with Crippen molar-refractivity contribution in [2.24, 2.45) is 0 Å². The van der Waals surface area contributed by atoms with Gasteiger partial charge in [-0.05, 0) is 24.2 Å². The predicted molar refractivity (Wildman–Crippen MR) is 81.7 cm³/mol. The second-order valence-electron chi connectivity index (χ2n) is 4.56. The first-order chi connectivity index (χ1) is 9.31. The molecule has 0 spiro atoms. The summed E-state index contributed by atoms with van der Waals surface area (Å²) >= 11 is 0. The van der Waals surface area contributed by atoms with Crippen LogP contribution in [0.3, 0.4) is 0 Å². The number of hydrogen-bond donors (Lipinski definition) is 0. The van der Waals surface area contributed by atoms with Crippen molar-refractivity contribution in [1.29, 1.82) is 0 Å². The fourth-order valence-electron chi connectivity index (χ4n) is 2.25. The van der Waals surface area contributed by atoms with Crippen LogP contribution < -0.4 is 4.74 Å². The molecule has 1 aliphatic heterocycles. The lowest BCUT2D eigenvalue weighted by molar-refractivity contribution is 0.132. The van der Waals surface area contributed by atoms with Gasteiger partial charge >= 0.3 is 0 Å². The molecule has 1 aromatic carbocycles. The summed E-state index contributed by atoms with van der Waals surface area (Å²) in [7, 11) is 1.71. The number of nitrogens with zero attached hydrogens (tertiary/aromatic N) is 2. The third kappa shape index (κ3) is 5.21. The van der Waals surface area contributed by atoms with Crippen LogP contribution in [-0.2, 0) is 6.54 Å². The van der Waals surface area contributed by atoms with E-state index >= 15 is 0 Å². The maximum Gasteiger partial charge on any atom is 0.118 e. The molecular formula is C16H28N2O. The zero-order valence-electron chi connectivity index (χ0n) is 12.9. The average Bonchev–Trinajstić information content (AvgIpc) is 2.51. The lowest BCUT2D eigenvalue weighted by Crippen LogP contribution is -2.45. The quantitative estimate of drug-likeness (QED) is 0.831. The lowest BCUT2D eigenvalue weighted by atomic mass is 10.2. The Morgan fingerprint density at radius 3 is 1.95 bits per heavy atom. The van der Waals surface area contributed by atoms with Crippen LogP contribution in [0.1, 0.15) is 26.3 Å². The summed E-state index contributed by atoms with van der Waals surface area (Å²) in [6, 6.07) is 8.39. The summed E-state index contributed by atoms with van der Waals surface area (Å²) in [5.41, 5.74) is 1.37. The van der Waals surface area contributed by atoms with Crippen molar-refractivity contribution in [2.75, 3.05) is 39.8 Å². The summed E-state index contributed by atoms with van der Waals surface area (Å²) in [5, 5.41) is 0. The largest absolute Gasteiger partial charge is 0.497 e. The first-order valence-electron chi connectivity index (χ1n) is 7.39. The normalized spacial score (nSPS) is 16.6. The van der Waals surface area contributed by atoms with Gasteiger partial charge in [-0.25, -0.2) is 0 Å². The van der Waals surface area contributed by atoms with E-state index in [0.717, 1.165) is 12.3 Å². The molecule has 3 nitrogen and oxygen atoms in total. The van der Waals surface area contributed by atoms with E-state index in [2.05, 4.69) is 28.9 Å². The smallest absolute Gasteiger partial charge is 0.118 e. The van der Waals surface area contributed by atoms with Gasteiger partial charge in [0.15, 0.2) is 0 Å². The molecule has 2 rings (SSSR count). The van der Waals surface area contributed by atoms with E-state index in [4.69, 9.17) is 4.74 Å². The van der Waals surface area contributed by atoms with Crippen molar-refractivity contribution in [1.82, 2.24) is 9.80 Å². The van der Waals surface area contributed by atoms with Gasteiger partial charge in [0.25, 0.3) is 0 Å². The number of rotatable bonds is 4. The van der Waals surface area contributed by atoms with Crippen LogP contribution in [0.25, 0.3) is 0 Å². The number of benzene rings is 1. The Balaban J connectivity index is 0.000000861. The van der Waals surface area contributed by atoms with Crippen LogP contribution in [0.5, 0.6) is 5.75 Å². The molecule has 1 fully saturated rings.